The SMILES string of the molecule is C[C@H](O)C/C=C/C(=O)O[C@@H](C)C/C=C/C(=O)OC(C)(C)C. The van der Waals surface area contributed by atoms with E-state index in [1.165, 1.54) is 12.2 Å². The van der Waals surface area contributed by atoms with Gasteiger partial charge in [0, 0.05) is 18.6 Å². The summed E-state index contributed by atoms with van der Waals surface area (Å²) in [5.41, 5.74) is -0.520. The number of hydrogen-bond donors (Lipinski definition) is 1. The minimum absolute atomic E-state index is 0.340. The van der Waals surface area contributed by atoms with E-state index in [1.54, 1.807) is 46.8 Å². The van der Waals surface area contributed by atoms with Gasteiger partial charge in [0.15, 0.2) is 0 Å². The third kappa shape index (κ3) is 13.1. The lowest BCUT2D eigenvalue weighted by Crippen LogP contribution is -2.22. The molecule has 0 aromatic heterocycles. The van der Waals surface area contributed by atoms with Crippen LogP contribution in [0.1, 0.15) is 47.5 Å². The third-order valence-electron chi connectivity index (χ3n) is 2.18. The number of aliphatic hydroxyl groups excluding tert-OH is 1. The van der Waals surface area contributed by atoms with Crippen LogP contribution in [0.5, 0.6) is 0 Å². The second kappa shape index (κ2) is 9.34. The Bertz CT molecular complexity index is 388. The maximum atomic E-state index is 11.4. The van der Waals surface area contributed by atoms with Crippen LogP contribution >= 0.6 is 0 Å². The van der Waals surface area contributed by atoms with E-state index in [0.29, 0.717) is 12.8 Å². The quantitative estimate of drug-likeness (QED) is 0.577. The second-order valence-electron chi connectivity index (χ2n) is 5.91. The molecule has 1 N–H and O–H groups in total. The monoisotopic (exact) mass is 298 g/mol. The van der Waals surface area contributed by atoms with Gasteiger partial charge >= 0.3 is 11.9 Å². The first-order valence-electron chi connectivity index (χ1n) is 7.05. The standard InChI is InChI=1S/C16H26O5/c1-12(17)8-6-10-14(18)20-13(2)9-7-11-15(19)21-16(3,4)5/h6-7,10-13,17H,8-9H2,1-5H3/b10-6+,11-7+/t12-,13-/m0/s1. The molecule has 0 radical (unpaired) electrons. The molecule has 0 saturated heterocycles. The Morgan fingerprint density at radius 3 is 2.10 bits per heavy atom. The Hall–Kier alpha value is -1.62. The van der Waals surface area contributed by atoms with Crippen LogP contribution in [-0.2, 0) is 19.1 Å². The van der Waals surface area contributed by atoms with Crippen LogP contribution in [0.15, 0.2) is 24.3 Å². The van der Waals surface area contributed by atoms with Gasteiger partial charge in [-0.25, -0.2) is 9.59 Å². The molecule has 120 valence electrons. The molecule has 0 saturated carbocycles. The van der Waals surface area contributed by atoms with E-state index in [2.05, 4.69) is 0 Å². The molecule has 0 aromatic carbocycles. The summed E-state index contributed by atoms with van der Waals surface area (Å²) in [5.74, 6) is -0.883. The number of rotatable bonds is 7. The number of ether oxygens (including phenoxy) is 2. The molecule has 5 heteroatoms. The molecule has 0 aliphatic carbocycles. The molecule has 0 aromatic rings. The zero-order valence-electron chi connectivity index (χ0n) is 13.5. The van der Waals surface area contributed by atoms with Crippen molar-refractivity contribution in [3.63, 3.8) is 0 Å². The zero-order valence-corrected chi connectivity index (χ0v) is 13.5. The molecule has 0 aliphatic heterocycles. The molecule has 0 unspecified atom stereocenters. The molecular weight excluding hydrogens is 272 g/mol. The first-order valence-corrected chi connectivity index (χ1v) is 7.05. The summed E-state index contributed by atoms with van der Waals surface area (Å²) in [5, 5.41) is 9.04. The molecule has 0 spiro atoms. The maximum absolute atomic E-state index is 11.4. The molecule has 0 fully saturated rings. The van der Waals surface area contributed by atoms with Crippen LogP contribution in [0.4, 0.5) is 0 Å². The van der Waals surface area contributed by atoms with Gasteiger partial charge in [-0.05, 0) is 41.0 Å². The highest BCUT2D eigenvalue weighted by Gasteiger charge is 2.14. The van der Waals surface area contributed by atoms with Crippen molar-refractivity contribution in [3.05, 3.63) is 24.3 Å². The maximum Gasteiger partial charge on any atom is 0.330 e. The molecule has 0 aliphatic rings. The lowest BCUT2D eigenvalue weighted by Gasteiger charge is -2.18. The molecular formula is C16H26O5. The van der Waals surface area contributed by atoms with Gasteiger partial charge in [0.25, 0.3) is 0 Å². The molecule has 0 rings (SSSR count). The Morgan fingerprint density at radius 1 is 1.05 bits per heavy atom. The minimum atomic E-state index is -0.520. The third-order valence-corrected chi connectivity index (χ3v) is 2.18. The molecule has 0 heterocycles. The van der Waals surface area contributed by atoms with Gasteiger partial charge in [0.2, 0.25) is 0 Å². The first-order chi connectivity index (χ1) is 9.60. The Balaban J connectivity index is 4.04. The summed E-state index contributed by atoms with van der Waals surface area (Å²) in [4.78, 5) is 22.8. The average Bonchev–Trinajstić information content (AvgIpc) is 2.25. The highest BCUT2D eigenvalue weighted by molar-refractivity contribution is 5.82. The summed E-state index contributed by atoms with van der Waals surface area (Å²) in [7, 11) is 0. The van der Waals surface area contributed by atoms with E-state index in [0.717, 1.165) is 0 Å². The van der Waals surface area contributed by atoms with Gasteiger partial charge in [-0.1, -0.05) is 12.2 Å². The van der Waals surface area contributed by atoms with Crippen LogP contribution in [0.3, 0.4) is 0 Å². The lowest BCUT2D eigenvalue weighted by molar-refractivity contribution is -0.148. The van der Waals surface area contributed by atoms with Crippen molar-refractivity contribution in [2.45, 2.75) is 65.3 Å². The van der Waals surface area contributed by atoms with E-state index in [-0.39, 0.29) is 6.10 Å². The van der Waals surface area contributed by atoms with Crippen molar-refractivity contribution in [1.29, 1.82) is 0 Å². The van der Waals surface area contributed by atoms with Gasteiger partial charge in [-0.2, -0.15) is 0 Å². The Kier molecular flexibility index (Phi) is 8.62. The first kappa shape index (κ1) is 19.4. The predicted molar refractivity (Wildman–Crippen MR) is 80.6 cm³/mol. The zero-order chi connectivity index (χ0) is 16.5. The fourth-order valence-corrected chi connectivity index (χ4v) is 1.34. The van der Waals surface area contributed by atoms with Crippen molar-refractivity contribution < 1.29 is 24.2 Å². The lowest BCUT2D eigenvalue weighted by atomic mass is 10.2. The molecule has 0 amide bonds. The second-order valence-corrected chi connectivity index (χ2v) is 5.91. The summed E-state index contributed by atoms with van der Waals surface area (Å²) >= 11 is 0. The van der Waals surface area contributed by atoms with E-state index in [1.807, 2.05) is 0 Å². The van der Waals surface area contributed by atoms with E-state index in [4.69, 9.17) is 14.6 Å². The van der Waals surface area contributed by atoms with Crippen molar-refractivity contribution in [2.24, 2.45) is 0 Å². The van der Waals surface area contributed by atoms with Crippen LogP contribution in [-0.4, -0.2) is 34.9 Å². The average molecular weight is 298 g/mol. The van der Waals surface area contributed by atoms with Gasteiger partial charge in [0.05, 0.1) is 6.10 Å². The van der Waals surface area contributed by atoms with E-state index < -0.39 is 23.6 Å². The largest absolute Gasteiger partial charge is 0.459 e. The highest BCUT2D eigenvalue weighted by atomic mass is 16.6. The van der Waals surface area contributed by atoms with Crippen LogP contribution in [0.2, 0.25) is 0 Å². The van der Waals surface area contributed by atoms with Gasteiger partial charge in [-0.3, -0.25) is 0 Å². The fraction of sp³-hybridized carbons (Fsp3) is 0.625. The summed E-state index contributed by atoms with van der Waals surface area (Å²) < 4.78 is 10.2. The highest BCUT2D eigenvalue weighted by Crippen LogP contribution is 2.08. The molecule has 21 heavy (non-hydrogen) atoms. The molecule has 0 bridgehead atoms. The van der Waals surface area contributed by atoms with E-state index >= 15 is 0 Å². The summed E-state index contributed by atoms with van der Waals surface area (Å²) in [6.45, 7) is 8.76. The smallest absolute Gasteiger partial charge is 0.330 e. The summed E-state index contributed by atoms with van der Waals surface area (Å²) in [6.07, 6.45) is 5.81. The van der Waals surface area contributed by atoms with E-state index in [9.17, 15) is 9.59 Å². The van der Waals surface area contributed by atoms with Gasteiger partial charge in [-0.15, -0.1) is 0 Å². The Labute approximate surface area is 126 Å². The van der Waals surface area contributed by atoms with Crippen LogP contribution in [0.25, 0.3) is 0 Å². The molecule has 2 atom stereocenters. The van der Waals surface area contributed by atoms with Gasteiger partial charge < -0.3 is 14.6 Å². The minimum Gasteiger partial charge on any atom is -0.459 e. The topological polar surface area (TPSA) is 72.8 Å². The Morgan fingerprint density at radius 2 is 1.57 bits per heavy atom. The van der Waals surface area contributed by atoms with Gasteiger partial charge in [0.1, 0.15) is 11.7 Å². The number of carbonyl (C=O) groups excluding carboxylic acids is 2. The normalized spacial score (nSPS) is 15.1. The van der Waals surface area contributed by atoms with Crippen molar-refractivity contribution in [2.75, 3.05) is 0 Å². The number of carbonyl (C=O) groups is 2. The summed E-state index contributed by atoms with van der Waals surface area (Å²) in [6, 6.07) is 0. The number of aliphatic hydroxyl groups is 1. The predicted octanol–water partition coefficient (Wildman–Crippen LogP) is 2.53. The molecule has 5 nitrogen and oxygen atoms in total. The number of esters is 2. The van der Waals surface area contributed by atoms with Crippen LogP contribution in [0, 0.1) is 0 Å². The van der Waals surface area contributed by atoms with Crippen molar-refractivity contribution >= 4 is 11.9 Å². The van der Waals surface area contributed by atoms with Crippen LogP contribution < -0.4 is 0 Å². The van der Waals surface area contributed by atoms with Crippen molar-refractivity contribution in [3.8, 4) is 0 Å². The fourth-order valence-electron chi connectivity index (χ4n) is 1.34. The number of hydrogen-bond acceptors (Lipinski definition) is 5. The van der Waals surface area contributed by atoms with Crippen molar-refractivity contribution in [1.82, 2.24) is 0 Å².